The van der Waals surface area contributed by atoms with Crippen LogP contribution < -0.4 is 5.90 Å². The van der Waals surface area contributed by atoms with Crippen LogP contribution in [0.5, 0.6) is 0 Å². The highest BCUT2D eigenvalue weighted by molar-refractivity contribution is 6.22. The number of hydrogen-bond acceptors (Lipinski definition) is 5. The molecule has 5 heteroatoms. The summed E-state index contributed by atoms with van der Waals surface area (Å²) in [6.45, 7) is 2.00. The zero-order chi connectivity index (χ0) is 7.11. The van der Waals surface area contributed by atoms with Crippen molar-refractivity contribution in [1.82, 2.24) is 0 Å². The van der Waals surface area contributed by atoms with E-state index in [-0.39, 0.29) is 0 Å². The highest BCUT2D eigenvalue weighted by atomic mass is 16.7. The van der Waals surface area contributed by atoms with E-state index in [1.165, 1.54) is 0 Å². The average molecular weight is 132 g/mol. The monoisotopic (exact) mass is 132 g/mol. The molecule has 0 saturated heterocycles. The van der Waals surface area contributed by atoms with E-state index in [1.54, 1.807) is 6.92 Å². The van der Waals surface area contributed by atoms with Gasteiger partial charge in [0.25, 0.3) is 0 Å². The Morgan fingerprint density at radius 2 is 2.56 bits per heavy atom. The first-order valence-electron chi connectivity index (χ1n) is 2.37. The van der Waals surface area contributed by atoms with Gasteiger partial charge in [0.15, 0.2) is 6.21 Å². The maximum Gasteiger partial charge on any atom is 0.352 e. The summed E-state index contributed by atoms with van der Waals surface area (Å²) in [4.78, 5) is 14.0. The van der Waals surface area contributed by atoms with E-state index in [0.717, 1.165) is 6.21 Å². The molecule has 0 aliphatic heterocycles. The van der Waals surface area contributed by atoms with Crippen LogP contribution in [0, 0.1) is 0 Å². The van der Waals surface area contributed by atoms with Gasteiger partial charge >= 0.3 is 5.97 Å². The van der Waals surface area contributed by atoms with E-state index in [9.17, 15) is 4.79 Å². The van der Waals surface area contributed by atoms with Gasteiger partial charge in [-0.05, 0) is 6.92 Å². The van der Waals surface area contributed by atoms with Crippen LogP contribution in [0.2, 0.25) is 0 Å². The molecule has 0 bridgehead atoms. The van der Waals surface area contributed by atoms with E-state index in [1.807, 2.05) is 0 Å². The Balaban J connectivity index is 3.37. The third-order valence-corrected chi connectivity index (χ3v) is 0.506. The lowest BCUT2D eigenvalue weighted by Crippen LogP contribution is -2.05. The van der Waals surface area contributed by atoms with Crippen LogP contribution in [0.1, 0.15) is 6.92 Å². The summed E-state index contributed by atoms with van der Waals surface area (Å²) in [7, 11) is 0. The van der Waals surface area contributed by atoms with Crippen LogP contribution in [0.3, 0.4) is 0 Å². The fourth-order valence-corrected chi connectivity index (χ4v) is 0.253. The van der Waals surface area contributed by atoms with Crippen LogP contribution in [-0.2, 0) is 14.5 Å². The number of carbonyl (C=O) groups excluding carboxylic acids is 1. The normalized spacial score (nSPS) is 9.56. The largest absolute Gasteiger partial charge is 0.462 e. The molecule has 0 saturated carbocycles. The van der Waals surface area contributed by atoms with Gasteiger partial charge in [0.1, 0.15) is 0 Å². The highest BCUT2D eigenvalue weighted by Crippen LogP contribution is 1.72. The van der Waals surface area contributed by atoms with Crippen LogP contribution in [0.25, 0.3) is 0 Å². The van der Waals surface area contributed by atoms with Crippen molar-refractivity contribution in [1.29, 1.82) is 0 Å². The first-order chi connectivity index (χ1) is 4.31. The topological polar surface area (TPSA) is 73.9 Å². The molecule has 0 spiro atoms. The summed E-state index contributed by atoms with van der Waals surface area (Å²) in [5.41, 5.74) is 0. The third kappa shape index (κ3) is 4.76. The van der Waals surface area contributed by atoms with Crippen molar-refractivity contribution in [3.8, 4) is 0 Å². The van der Waals surface area contributed by atoms with Gasteiger partial charge < -0.3 is 9.68 Å². The summed E-state index contributed by atoms with van der Waals surface area (Å²) >= 11 is 0. The van der Waals surface area contributed by atoms with E-state index in [0.29, 0.717) is 6.61 Å². The Bertz CT molecular complexity index is 112. The summed E-state index contributed by atoms with van der Waals surface area (Å²) in [5.74, 6) is 3.90. The predicted octanol–water partition coefficient (Wildman–Crippen LogP) is -0.574. The molecule has 52 valence electrons. The van der Waals surface area contributed by atoms with Crippen molar-refractivity contribution in [2.24, 2.45) is 11.1 Å². The van der Waals surface area contributed by atoms with Gasteiger partial charge in [0.2, 0.25) is 0 Å². The van der Waals surface area contributed by atoms with Crippen molar-refractivity contribution in [3.63, 3.8) is 0 Å². The number of hydrogen-bond donors (Lipinski definition) is 1. The van der Waals surface area contributed by atoms with Crippen LogP contribution >= 0.6 is 0 Å². The first kappa shape index (κ1) is 7.90. The second kappa shape index (κ2) is 5.04. The summed E-state index contributed by atoms with van der Waals surface area (Å²) in [5, 5.41) is 2.97. The van der Waals surface area contributed by atoms with Gasteiger partial charge in [-0.3, -0.25) is 0 Å². The molecule has 0 aromatic heterocycles. The average Bonchev–Trinajstić information content (AvgIpc) is 1.85. The SMILES string of the molecule is CCOC(=O)/C=N\ON. The van der Waals surface area contributed by atoms with Gasteiger partial charge in [0, 0.05) is 0 Å². The fraction of sp³-hybridized carbons (Fsp3) is 0.500. The molecule has 5 nitrogen and oxygen atoms in total. The van der Waals surface area contributed by atoms with Crippen molar-refractivity contribution < 1.29 is 14.5 Å². The zero-order valence-corrected chi connectivity index (χ0v) is 5.03. The lowest BCUT2D eigenvalue weighted by atomic mass is 10.7. The molecule has 0 heterocycles. The molecule has 0 unspecified atom stereocenters. The van der Waals surface area contributed by atoms with Gasteiger partial charge in [-0.25, -0.2) is 4.79 Å². The number of oxime groups is 1. The van der Waals surface area contributed by atoms with E-state index in [4.69, 9.17) is 0 Å². The number of ether oxygens (including phenoxy) is 1. The number of nitrogens with two attached hydrogens (primary N) is 1. The van der Waals surface area contributed by atoms with Crippen LogP contribution in [-0.4, -0.2) is 18.8 Å². The smallest absolute Gasteiger partial charge is 0.352 e. The molecular weight excluding hydrogens is 124 g/mol. The Morgan fingerprint density at radius 1 is 1.89 bits per heavy atom. The Labute approximate surface area is 52.4 Å². The second-order valence-corrected chi connectivity index (χ2v) is 1.09. The molecule has 0 radical (unpaired) electrons. The number of rotatable bonds is 3. The van der Waals surface area contributed by atoms with Gasteiger partial charge in [0.05, 0.1) is 6.61 Å². The Hall–Kier alpha value is -1.10. The summed E-state index contributed by atoms with van der Waals surface area (Å²) < 4.78 is 4.42. The molecule has 9 heavy (non-hydrogen) atoms. The Kier molecular flexibility index (Phi) is 4.43. The van der Waals surface area contributed by atoms with Crippen LogP contribution in [0.15, 0.2) is 5.16 Å². The van der Waals surface area contributed by atoms with Crippen LogP contribution in [0.4, 0.5) is 0 Å². The summed E-state index contributed by atoms with van der Waals surface area (Å²) in [6, 6.07) is 0. The Morgan fingerprint density at radius 3 is 3.00 bits per heavy atom. The third-order valence-electron chi connectivity index (χ3n) is 0.506. The maximum atomic E-state index is 10.3. The second-order valence-electron chi connectivity index (χ2n) is 1.09. The molecule has 0 aromatic rings. The lowest BCUT2D eigenvalue weighted by molar-refractivity contribution is -0.134. The standard InChI is InChI=1S/C4H8N2O3/c1-2-8-4(7)3-6-9-5/h3H,2,5H2,1H3/b6-3-. The maximum absolute atomic E-state index is 10.3. The minimum Gasteiger partial charge on any atom is -0.462 e. The van der Waals surface area contributed by atoms with E-state index >= 15 is 0 Å². The minimum absolute atomic E-state index is 0.315. The molecule has 0 fully saturated rings. The zero-order valence-electron chi connectivity index (χ0n) is 5.03. The highest BCUT2D eigenvalue weighted by Gasteiger charge is 1.92. The molecule has 0 aliphatic rings. The number of esters is 1. The minimum atomic E-state index is -0.567. The van der Waals surface area contributed by atoms with Crippen molar-refractivity contribution in [3.05, 3.63) is 0 Å². The molecule has 0 aromatic carbocycles. The van der Waals surface area contributed by atoms with Gasteiger partial charge in [-0.2, -0.15) is 0 Å². The predicted molar refractivity (Wildman–Crippen MR) is 30.4 cm³/mol. The van der Waals surface area contributed by atoms with Crippen molar-refractivity contribution in [2.75, 3.05) is 6.61 Å². The molecule has 0 rings (SSSR count). The number of carbonyl (C=O) groups is 1. The fourth-order valence-electron chi connectivity index (χ4n) is 0.253. The molecular formula is C4H8N2O3. The van der Waals surface area contributed by atoms with Crippen molar-refractivity contribution in [2.45, 2.75) is 6.92 Å². The van der Waals surface area contributed by atoms with Gasteiger partial charge in [-0.15, -0.1) is 5.90 Å². The van der Waals surface area contributed by atoms with Gasteiger partial charge in [-0.1, -0.05) is 5.16 Å². The first-order valence-corrected chi connectivity index (χ1v) is 2.37. The molecule has 0 atom stereocenters. The molecule has 0 aliphatic carbocycles. The quantitative estimate of drug-likeness (QED) is 0.317. The summed E-state index contributed by atoms with van der Waals surface area (Å²) in [6.07, 6.45) is 0.851. The molecule has 0 amide bonds. The number of nitrogens with zero attached hydrogens (tertiary/aromatic N) is 1. The lowest BCUT2D eigenvalue weighted by Gasteiger charge is -1.91. The van der Waals surface area contributed by atoms with Crippen molar-refractivity contribution >= 4 is 12.2 Å². The molecule has 2 N–H and O–H groups in total. The van der Waals surface area contributed by atoms with E-state index in [2.05, 4.69) is 20.7 Å². The van der Waals surface area contributed by atoms with E-state index < -0.39 is 5.97 Å².